The molecule has 6 nitrogen and oxygen atoms in total. The Balaban J connectivity index is 1.81. The smallest absolute Gasteiger partial charge is 0.329 e. The normalized spacial score (nSPS) is 11.5. The Morgan fingerprint density at radius 2 is 1.68 bits per heavy atom. The Morgan fingerprint density at radius 3 is 2.23 bits per heavy atom. The number of nitriles is 1. The van der Waals surface area contributed by atoms with Gasteiger partial charge in [0, 0.05) is 26.1 Å². The lowest BCUT2D eigenvalue weighted by atomic mass is 10.1. The van der Waals surface area contributed by atoms with Crippen LogP contribution in [0.1, 0.15) is 24.5 Å². The van der Waals surface area contributed by atoms with Crippen molar-refractivity contribution in [1.29, 1.82) is 5.26 Å². The fourth-order valence-electron chi connectivity index (χ4n) is 3.51. The van der Waals surface area contributed by atoms with Crippen LogP contribution in [0.25, 0.3) is 11.0 Å². The molecule has 0 radical (unpaired) electrons. The van der Waals surface area contributed by atoms with Crippen molar-refractivity contribution in [2.75, 3.05) is 6.54 Å². The number of alkyl halides is 3. The first-order chi connectivity index (χ1) is 14.7. The lowest BCUT2D eigenvalue weighted by Gasteiger charge is -2.24. The molecule has 9 heteroatoms. The van der Waals surface area contributed by atoms with Crippen LogP contribution in [-0.4, -0.2) is 32.7 Å². The number of aromatic nitrogens is 2. The third-order valence-electron chi connectivity index (χ3n) is 4.97. The molecule has 1 aromatic heterocycles. The van der Waals surface area contributed by atoms with E-state index in [1.807, 2.05) is 13.0 Å². The number of para-hydroxylation sites is 2. The molecule has 0 aliphatic carbocycles. The molecule has 0 aliphatic heterocycles. The summed E-state index contributed by atoms with van der Waals surface area (Å²) in [6.45, 7) is 0.616. The number of fused-ring (bicyclic) bond motifs is 1. The van der Waals surface area contributed by atoms with Gasteiger partial charge >= 0.3 is 11.9 Å². The highest BCUT2D eigenvalue weighted by molar-refractivity contribution is 5.78. The van der Waals surface area contributed by atoms with Crippen molar-refractivity contribution < 1.29 is 18.0 Å². The predicted molar refractivity (Wildman–Crippen MR) is 109 cm³/mol. The van der Waals surface area contributed by atoms with E-state index in [2.05, 4.69) is 0 Å². The van der Waals surface area contributed by atoms with Gasteiger partial charge in [0.05, 0.1) is 22.7 Å². The lowest BCUT2D eigenvalue weighted by molar-refractivity contribution is -0.162. The van der Waals surface area contributed by atoms with Crippen molar-refractivity contribution in [2.24, 2.45) is 0 Å². The van der Waals surface area contributed by atoms with Gasteiger partial charge in [-0.05, 0) is 36.8 Å². The van der Waals surface area contributed by atoms with Gasteiger partial charge in [-0.1, -0.05) is 24.3 Å². The van der Waals surface area contributed by atoms with Gasteiger partial charge < -0.3 is 4.90 Å². The third kappa shape index (κ3) is 5.15. The molecule has 0 fully saturated rings. The molecule has 3 rings (SSSR count). The number of rotatable bonds is 7. The van der Waals surface area contributed by atoms with Gasteiger partial charge in [0.25, 0.3) is 0 Å². The van der Waals surface area contributed by atoms with Gasteiger partial charge in [-0.3, -0.25) is 13.9 Å². The number of hydrogen-bond donors (Lipinski definition) is 0. The number of amides is 1. The zero-order valence-corrected chi connectivity index (χ0v) is 16.9. The topological polar surface area (TPSA) is 71.0 Å². The molecule has 1 amide bonds. The molecule has 31 heavy (non-hydrogen) atoms. The second kappa shape index (κ2) is 9.08. The predicted octanol–water partition coefficient (Wildman–Crippen LogP) is 3.68. The Bertz CT molecular complexity index is 1170. The molecule has 0 saturated heterocycles. The van der Waals surface area contributed by atoms with Crippen molar-refractivity contribution in [3.05, 3.63) is 70.1 Å². The first kappa shape index (κ1) is 22.2. The maximum Gasteiger partial charge on any atom is 0.406 e. The molecule has 0 atom stereocenters. The van der Waals surface area contributed by atoms with E-state index >= 15 is 0 Å². The minimum absolute atomic E-state index is 0.0209. The number of carbonyl (C=O) groups excluding carboxylic acids is 1. The maximum atomic E-state index is 13.1. The van der Waals surface area contributed by atoms with E-state index in [-0.39, 0.29) is 25.2 Å². The number of imidazole rings is 1. The maximum absolute atomic E-state index is 13.1. The van der Waals surface area contributed by atoms with E-state index in [1.165, 1.54) is 28.8 Å². The van der Waals surface area contributed by atoms with Gasteiger partial charge in [0.15, 0.2) is 0 Å². The minimum Gasteiger partial charge on any atom is -0.329 e. The number of carbonyl (C=O) groups is 1. The molecular formula is C22H21F3N4O2. The van der Waals surface area contributed by atoms with E-state index in [1.54, 1.807) is 28.8 Å². The summed E-state index contributed by atoms with van der Waals surface area (Å²) in [7, 11) is 0. The minimum atomic E-state index is -4.56. The monoisotopic (exact) mass is 430 g/mol. The fraction of sp³-hybridized carbons (Fsp3) is 0.318. The summed E-state index contributed by atoms with van der Waals surface area (Å²) in [5.74, 6) is -0.707. The van der Waals surface area contributed by atoms with E-state index in [0.29, 0.717) is 28.7 Å². The van der Waals surface area contributed by atoms with Crippen molar-refractivity contribution in [3.63, 3.8) is 0 Å². The van der Waals surface area contributed by atoms with Crippen molar-refractivity contribution in [1.82, 2.24) is 14.0 Å². The summed E-state index contributed by atoms with van der Waals surface area (Å²) in [6.07, 6.45) is -4.80. The zero-order chi connectivity index (χ0) is 22.6. The molecule has 2 aromatic carbocycles. The van der Waals surface area contributed by atoms with Crippen molar-refractivity contribution in [2.45, 2.75) is 39.2 Å². The van der Waals surface area contributed by atoms with Crippen molar-refractivity contribution in [3.8, 4) is 6.07 Å². The van der Waals surface area contributed by atoms with E-state index in [0.717, 1.165) is 4.90 Å². The summed E-state index contributed by atoms with van der Waals surface area (Å²) >= 11 is 0. The van der Waals surface area contributed by atoms with Gasteiger partial charge in [-0.25, -0.2) is 4.79 Å². The van der Waals surface area contributed by atoms with Crippen LogP contribution in [0.4, 0.5) is 13.2 Å². The molecule has 0 aliphatic rings. The molecule has 162 valence electrons. The second-order valence-electron chi connectivity index (χ2n) is 7.09. The highest BCUT2D eigenvalue weighted by atomic mass is 19.4. The fourth-order valence-corrected chi connectivity index (χ4v) is 3.51. The highest BCUT2D eigenvalue weighted by Crippen LogP contribution is 2.20. The average molecular weight is 430 g/mol. The molecule has 0 N–H and O–H groups in total. The molecule has 0 spiro atoms. The second-order valence-corrected chi connectivity index (χ2v) is 7.09. The van der Waals surface area contributed by atoms with Gasteiger partial charge in [0.2, 0.25) is 5.91 Å². The lowest BCUT2D eigenvalue weighted by Crippen LogP contribution is -2.39. The number of halogens is 3. The first-order valence-corrected chi connectivity index (χ1v) is 9.75. The van der Waals surface area contributed by atoms with Crippen LogP contribution in [0.2, 0.25) is 0 Å². The van der Waals surface area contributed by atoms with Gasteiger partial charge in [0.1, 0.15) is 6.54 Å². The zero-order valence-electron chi connectivity index (χ0n) is 16.9. The first-order valence-electron chi connectivity index (χ1n) is 9.75. The standard InChI is InChI=1S/C22H21F3N4O2/c1-2-28-18-5-3-4-6-19(18)29(21(28)31)12-11-20(30)27(15-22(23,24)25)14-17-9-7-16(13-26)8-10-17/h3-10H,2,11-12,14-15H2,1H3. The highest BCUT2D eigenvalue weighted by Gasteiger charge is 2.33. The SMILES string of the molecule is CCn1c(=O)n(CCC(=O)N(Cc2ccc(C#N)cc2)CC(F)(F)F)c2ccccc21. The quantitative estimate of drug-likeness (QED) is 0.574. The van der Waals surface area contributed by atoms with Crippen LogP contribution in [0, 0.1) is 11.3 Å². The Hall–Kier alpha value is -3.54. The van der Waals surface area contributed by atoms with Gasteiger partial charge in [-0.2, -0.15) is 18.4 Å². The summed E-state index contributed by atoms with van der Waals surface area (Å²) in [5.41, 5.74) is 1.91. The number of benzene rings is 2. The number of nitrogens with zero attached hydrogens (tertiary/aromatic N) is 4. The summed E-state index contributed by atoms with van der Waals surface area (Å²) in [5, 5.41) is 8.85. The van der Waals surface area contributed by atoms with Crippen LogP contribution >= 0.6 is 0 Å². The molecule has 0 saturated carbocycles. The third-order valence-corrected chi connectivity index (χ3v) is 4.97. The van der Waals surface area contributed by atoms with Crippen LogP contribution in [0.15, 0.2) is 53.3 Å². The Morgan fingerprint density at radius 1 is 1.06 bits per heavy atom. The molecule has 1 heterocycles. The van der Waals surface area contributed by atoms with Crippen LogP contribution in [0.5, 0.6) is 0 Å². The van der Waals surface area contributed by atoms with Gasteiger partial charge in [-0.15, -0.1) is 0 Å². The van der Waals surface area contributed by atoms with E-state index in [4.69, 9.17) is 5.26 Å². The molecular weight excluding hydrogens is 409 g/mol. The number of aryl methyl sites for hydroxylation is 2. The van der Waals surface area contributed by atoms with Crippen LogP contribution in [0.3, 0.4) is 0 Å². The molecule has 0 bridgehead atoms. The Kier molecular flexibility index (Phi) is 6.49. The van der Waals surface area contributed by atoms with Crippen molar-refractivity contribution >= 4 is 16.9 Å². The molecule has 3 aromatic rings. The molecule has 0 unspecified atom stereocenters. The number of hydrogen-bond acceptors (Lipinski definition) is 3. The summed E-state index contributed by atoms with van der Waals surface area (Å²) < 4.78 is 42.2. The summed E-state index contributed by atoms with van der Waals surface area (Å²) in [6, 6.07) is 15.1. The van der Waals surface area contributed by atoms with Crippen LogP contribution in [-0.2, 0) is 24.4 Å². The summed E-state index contributed by atoms with van der Waals surface area (Å²) in [4.78, 5) is 26.1. The Labute approximate surface area is 176 Å². The van der Waals surface area contributed by atoms with Crippen LogP contribution < -0.4 is 5.69 Å². The largest absolute Gasteiger partial charge is 0.406 e. The average Bonchev–Trinajstić information content (AvgIpc) is 3.01. The van der Waals surface area contributed by atoms with E-state index in [9.17, 15) is 22.8 Å². The van der Waals surface area contributed by atoms with E-state index < -0.39 is 18.6 Å².